The average Bonchev–Trinajstić information content (AvgIpc) is 2.52. The summed E-state index contributed by atoms with van der Waals surface area (Å²) in [4.78, 5) is 14.7. The summed E-state index contributed by atoms with van der Waals surface area (Å²) in [6.07, 6.45) is 1.23. The summed E-state index contributed by atoms with van der Waals surface area (Å²) in [5.41, 5.74) is 5.55. The van der Waals surface area contributed by atoms with Gasteiger partial charge in [0.1, 0.15) is 0 Å². The van der Waals surface area contributed by atoms with Crippen LogP contribution in [0.15, 0.2) is 41.2 Å². The molecule has 1 saturated heterocycles. The maximum absolute atomic E-state index is 12.1. The first-order valence-corrected chi connectivity index (χ1v) is 8.58. The highest BCUT2D eigenvalue weighted by Crippen LogP contribution is 2.35. The number of piperidine rings is 1. The van der Waals surface area contributed by atoms with Crippen LogP contribution in [0, 0.1) is 19.8 Å². The maximum Gasteiger partial charge on any atom is 0.250 e. The minimum Gasteiger partial charge on any atom is -0.312 e. The molecule has 2 bridgehead atoms. The molecule has 0 unspecified atom stereocenters. The highest BCUT2D eigenvalue weighted by atomic mass is 16.1. The largest absolute Gasteiger partial charge is 0.312 e. The molecule has 0 radical (unpaired) electrons. The number of aromatic nitrogens is 1. The van der Waals surface area contributed by atoms with Gasteiger partial charge in [-0.15, -0.1) is 0 Å². The van der Waals surface area contributed by atoms with Crippen molar-refractivity contribution in [3.8, 4) is 0 Å². The number of benzene rings is 1. The SMILES string of the molecule is Cc1ccc(C)c(CN2C[C@@H]3C[C@@H](C2)c2cccc(=O)n2C3)c1. The molecule has 0 aliphatic carbocycles. The molecule has 0 amide bonds. The van der Waals surface area contributed by atoms with E-state index in [2.05, 4.69) is 43.0 Å². The van der Waals surface area contributed by atoms with Crippen LogP contribution in [0.1, 0.15) is 34.7 Å². The van der Waals surface area contributed by atoms with E-state index < -0.39 is 0 Å². The van der Waals surface area contributed by atoms with E-state index in [1.165, 1.54) is 28.8 Å². The van der Waals surface area contributed by atoms with Crippen LogP contribution >= 0.6 is 0 Å². The molecule has 23 heavy (non-hydrogen) atoms. The van der Waals surface area contributed by atoms with Gasteiger partial charge in [-0.05, 0) is 43.4 Å². The van der Waals surface area contributed by atoms with E-state index >= 15 is 0 Å². The van der Waals surface area contributed by atoms with Crippen LogP contribution in [0.3, 0.4) is 0 Å². The molecule has 1 fully saturated rings. The molecule has 2 atom stereocenters. The van der Waals surface area contributed by atoms with Gasteiger partial charge in [0, 0.05) is 43.9 Å². The summed E-state index contributed by atoms with van der Waals surface area (Å²) in [5, 5.41) is 0. The van der Waals surface area contributed by atoms with Crippen molar-refractivity contribution in [2.45, 2.75) is 39.3 Å². The molecular weight excluding hydrogens is 284 g/mol. The first-order chi connectivity index (χ1) is 11.1. The molecule has 1 aromatic carbocycles. The zero-order valence-electron chi connectivity index (χ0n) is 14.0. The Labute approximate surface area is 137 Å². The number of likely N-dealkylation sites (tertiary alicyclic amines) is 1. The third-order valence-corrected chi connectivity index (χ3v) is 5.45. The van der Waals surface area contributed by atoms with E-state index in [1.54, 1.807) is 6.07 Å². The summed E-state index contributed by atoms with van der Waals surface area (Å²) in [6, 6.07) is 12.5. The molecule has 0 saturated carbocycles. The number of aryl methyl sites for hydroxylation is 2. The Morgan fingerprint density at radius 2 is 1.96 bits per heavy atom. The van der Waals surface area contributed by atoms with E-state index in [-0.39, 0.29) is 5.56 Å². The van der Waals surface area contributed by atoms with Crippen molar-refractivity contribution in [3.63, 3.8) is 0 Å². The first kappa shape index (κ1) is 14.7. The van der Waals surface area contributed by atoms with E-state index in [1.807, 2.05) is 10.6 Å². The molecule has 0 N–H and O–H groups in total. The second kappa shape index (κ2) is 5.64. The van der Waals surface area contributed by atoms with E-state index in [4.69, 9.17) is 0 Å². The van der Waals surface area contributed by atoms with Crippen molar-refractivity contribution >= 4 is 0 Å². The van der Waals surface area contributed by atoms with Crippen molar-refractivity contribution in [1.29, 1.82) is 0 Å². The van der Waals surface area contributed by atoms with Gasteiger partial charge in [-0.25, -0.2) is 0 Å². The normalized spacial score (nSPS) is 23.6. The van der Waals surface area contributed by atoms with E-state index in [9.17, 15) is 4.79 Å². The zero-order valence-corrected chi connectivity index (χ0v) is 14.0. The second-order valence-electron chi connectivity index (χ2n) is 7.32. The molecule has 120 valence electrons. The van der Waals surface area contributed by atoms with Crippen LogP contribution in [0.2, 0.25) is 0 Å². The van der Waals surface area contributed by atoms with Gasteiger partial charge in [0.2, 0.25) is 0 Å². The quantitative estimate of drug-likeness (QED) is 0.852. The van der Waals surface area contributed by atoms with Crippen molar-refractivity contribution in [1.82, 2.24) is 9.47 Å². The van der Waals surface area contributed by atoms with Crippen molar-refractivity contribution < 1.29 is 0 Å². The predicted molar refractivity (Wildman–Crippen MR) is 92.7 cm³/mol. The lowest BCUT2D eigenvalue weighted by atomic mass is 9.83. The molecule has 2 aliphatic heterocycles. The lowest BCUT2D eigenvalue weighted by Crippen LogP contribution is -2.46. The van der Waals surface area contributed by atoms with Crippen LogP contribution in [-0.4, -0.2) is 22.6 Å². The highest BCUT2D eigenvalue weighted by Gasteiger charge is 2.34. The van der Waals surface area contributed by atoms with Crippen molar-refractivity contribution in [2.24, 2.45) is 5.92 Å². The maximum atomic E-state index is 12.1. The lowest BCUT2D eigenvalue weighted by molar-refractivity contribution is 0.114. The van der Waals surface area contributed by atoms with Crippen LogP contribution in [0.25, 0.3) is 0 Å². The fraction of sp³-hybridized carbons (Fsp3) is 0.450. The number of fused-ring (bicyclic) bond motifs is 4. The predicted octanol–water partition coefficient (Wildman–Crippen LogP) is 3.08. The van der Waals surface area contributed by atoms with E-state index in [0.717, 1.165) is 26.2 Å². The summed E-state index contributed by atoms with van der Waals surface area (Å²) in [6.45, 7) is 8.44. The summed E-state index contributed by atoms with van der Waals surface area (Å²) in [5.74, 6) is 1.10. The third kappa shape index (κ3) is 2.74. The second-order valence-corrected chi connectivity index (χ2v) is 7.32. The Balaban J connectivity index is 1.59. The molecule has 1 aromatic heterocycles. The smallest absolute Gasteiger partial charge is 0.250 e. The van der Waals surface area contributed by atoms with Crippen molar-refractivity contribution in [2.75, 3.05) is 13.1 Å². The van der Waals surface area contributed by atoms with Gasteiger partial charge in [0.15, 0.2) is 0 Å². The van der Waals surface area contributed by atoms with Gasteiger partial charge in [0.05, 0.1) is 0 Å². The summed E-state index contributed by atoms with van der Waals surface area (Å²) < 4.78 is 2.01. The number of hydrogen-bond donors (Lipinski definition) is 0. The number of pyridine rings is 1. The monoisotopic (exact) mass is 308 g/mol. The standard InChI is InChI=1S/C20H24N2O/c1-14-6-7-15(2)17(8-14)12-21-10-16-9-18(13-21)19-4-3-5-20(23)22(19)11-16/h3-8,16,18H,9-13H2,1-2H3/t16-,18-/m0/s1. The Kier molecular flexibility index (Phi) is 3.61. The highest BCUT2D eigenvalue weighted by molar-refractivity contribution is 5.30. The molecule has 2 aliphatic rings. The van der Waals surface area contributed by atoms with Crippen LogP contribution in [-0.2, 0) is 13.1 Å². The van der Waals surface area contributed by atoms with Crippen molar-refractivity contribution in [3.05, 3.63) is 69.1 Å². The average molecular weight is 308 g/mol. The van der Waals surface area contributed by atoms with E-state index in [0.29, 0.717) is 11.8 Å². The Hall–Kier alpha value is -1.87. The third-order valence-electron chi connectivity index (χ3n) is 5.45. The van der Waals surface area contributed by atoms with Crippen LogP contribution < -0.4 is 5.56 Å². The first-order valence-electron chi connectivity index (χ1n) is 8.58. The number of nitrogens with zero attached hydrogens (tertiary/aromatic N) is 2. The fourth-order valence-corrected chi connectivity index (χ4v) is 4.34. The molecule has 4 rings (SSSR count). The van der Waals surface area contributed by atoms with Gasteiger partial charge >= 0.3 is 0 Å². The Bertz CT molecular complexity index is 792. The topological polar surface area (TPSA) is 25.2 Å². The molecular formula is C20H24N2O. The van der Waals surface area contributed by atoms with Crippen LogP contribution in [0.5, 0.6) is 0 Å². The Morgan fingerprint density at radius 1 is 1.09 bits per heavy atom. The van der Waals surface area contributed by atoms with Gasteiger partial charge in [0.25, 0.3) is 5.56 Å². The molecule has 3 nitrogen and oxygen atoms in total. The van der Waals surface area contributed by atoms with Gasteiger partial charge in [-0.3, -0.25) is 9.69 Å². The van der Waals surface area contributed by atoms with Gasteiger partial charge in [-0.1, -0.05) is 29.8 Å². The number of rotatable bonds is 2. The molecule has 2 aromatic rings. The summed E-state index contributed by atoms with van der Waals surface area (Å²) >= 11 is 0. The molecule has 3 heterocycles. The van der Waals surface area contributed by atoms with Gasteiger partial charge < -0.3 is 4.57 Å². The minimum atomic E-state index is 0.167. The summed E-state index contributed by atoms with van der Waals surface area (Å²) in [7, 11) is 0. The molecule has 0 spiro atoms. The zero-order chi connectivity index (χ0) is 16.0. The lowest BCUT2D eigenvalue weighted by Gasteiger charge is -2.43. The van der Waals surface area contributed by atoms with Gasteiger partial charge in [-0.2, -0.15) is 0 Å². The minimum absolute atomic E-state index is 0.167. The number of hydrogen-bond acceptors (Lipinski definition) is 2. The molecule has 3 heteroatoms. The van der Waals surface area contributed by atoms with Crippen LogP contribution in [0.4, 0.5) is 0 Å². The Morgan fingerprint density at radius 3 is 2.83 bits per heavy atom. The fourth-order valence-electron chi connectivity index (χ4n) is 4.34.